The predicted molar refractivity (Wildman–Crippen MR) is 118 cm³/mol. The molecule has 11 heteroatoms. The van der Waals surface area contributed by atoms with Crippen LogP contribution >= 0.6 is 27.7 Å². The van der Waals surface area contributed by atoms with Crippen molar-refractivity contribution in [3.8, 4) is 5.75 Å². The molecule has 1 fully saturated rings. The Morgan fingerprint density at radius 2 is 1.97 bits per heavy atom. The lowest BCUT2D eigenvalue weighted by molar-refractivity contribution is -0.137. The Labute approximate surface area is 193 Å². The topological polar surface area (TPSA) is 75.7 Å². The third-order valence-electron chi connectivity index (χ3n) is 4.20. The standard InChI is InChI=1S/C21H16BrF3N2O4S/c1-2-31-16-7-6-12(8-15(16)22)9-17-19(29)27(20(30)32-17)11-18(28)26-14-5-3-4-13(10-14)21(23,24)25/h3-10H,2,11H2,1H3,(H,26,28)/b17-9-. The number of hydrogen-bond donors (Lipinski definition) is 1. The van der Waals surface area contributed by atoms with E-state index >= 15 is 0 Å². The number of halogens is 4. The molecule has 0 unspecified atom stereocenters. The van der Waals surface area contributed by atoms with Crippen molar-refractivity contribution < 1.29 is 32.3 Å². The summed E-state index contributed by atoms with van der Waals surface area (Å²) in [6.07, 6.45) is -3.05. The minimum absolute atomic E-state index is 0.0911. The number of ether oxygens (including phenoxy) is 1. The monoisotopic (exact) mass is 528 g/mol. The Bertz CT molecular complexity index is 1100. The molecule has 1 aliphatic heterocycles. The van der Waals surface area contributed by atoms with Crippen molar-refractivity contribution in [2.75, 3.05) is 18.5 Å². The van der Waals surface area contributed by atoms with Gasteiger partial charge in [0, 0.05) is 5.69 Å². The maximum atomic E-state index is 12.8. The van der Waals surface area contributed by atoms with Gasteiger partial charge in [0.05, 0.1) is 21.5 Å². The van der Waals surface area contributed by atoms with Crippen LogP contribution in [0.25, 0.3) is 6.08 Å². The number of nitrogens with one attached hydrogen (secondary N) is 1. The summed E-state index contributed by atoms with van der Waals surface area (Å²) in [6, 6.07) is 9.22. The van der Waals surface area contributed by atoms with Crippen LogP contribution in [0.4, 0.5) is 23.7 Å². The lowest BCUT2D eigenvalue weighted by Crippen LogP contribution is -2.36. The third kappa shape index (κ3) is 5.71. The summed E-state index contributed by atoms with van der Waals surface area (Å²) in [4.78, 5) is 37.9. The Morgan fingerprint density at radius 3 is 2.62 bits per heavy atom. The van der Waals surface area contributed by atoms with Crippen LogP contribution < -0.4 is 10.1 Å². The molecule has 1 saturated heterocycles. The first kappa shape index (κ1) is 23.9. The molecular formula is C21H16BrF3N2O4S. The smallest absolute Gasteiger partial charge is 0.416 e. The van der Waals surface area contributed by atoms with Crippen LogP contribution in [0, 0.1) is 0 Å². The van der Waals surface area contributed by atoms with E-state index in [-0.39, 0.29) is 10.6 Å². The van der Waals surface area contributed by atoms with E-state index in [1.54, 1.807) is 18.2 Å². The fourth-order valence-corrected chi connectivity index (χ4v) is 4.13. The largest absolute Gasteiger partial charge is 0.493 e. The molecule has 1 aliphatic rings. The summed E-state index contributed by atoms with van der Waals surface area (Å²) in [6.45, 7) is 1.71. The van der Waals surface area contributed by atoms with E-state index in [9.17, 15) is 27.6 Å². The van der Waals surface area contributed by atoms with Crippen molar-refractivity contribution in [3.63, 3.8) is 0 Å². The second-order valence-electron chi connectivity index (χ2n) is 6.52. The van der Waals surface area contributed by atoms with E-state index in [1.165, 1.54) is 12.1 Å². The van der Waals surface area contributed by atoms with Crippen molar-refractivity contribution in [2.45, 2.75) is 13.1 Å². The minimum atomic E-state index is -4.56. The van der Waals surface area contributed by atoms with E-state index in [4.69, 9.17) is 4.74 Å². The number of thioether (sulfide) groups is 1. The summed E-state index contributed by atoms with van der Waals surface area (Å²) in [5.41, 5.74) is -0.378. The lowest BCUT2D eigenvalue weighted by Gasteiger charge is -2.13. The maximum Gasteiger partial charge on any atom is 0.416 e. The molecule has 0 bridgehead atoms. The number of carbonyl (C=O) groups is 3. The van der Waals surface area contributed by atoms with Gasteiger partial charge >= 0.3 is 6.18 Å². The lowest BCUT2D eigenvalue weighted by atomic mass is 10.2. The first-order valence-corrected chi connectivity index (χ1v) is 10.8. The van der Waals surface area contributed by atoms with Crippen LogP contribution in [0.2, 0.25) is 0 Å². The fourth-order valence-electron chi connectivity index (χ4n) is 2.78. The van der Waals surface area contributed by atoms with E-state index in [2.05, 4.69) is 21.2 Å². The van der Waals surface area contributed by atoms with Gasteiger partial charge < -0.3 is 10.1 Å². The average Bonchev–Trinajstić information content (AvgIpc) is 2.97. The quantitative estimate of drug-likeness (QED) is 0.498. The van der Waals surface area contributed by atoms with Crippen molar-refractivity contribution in [1.82, 2.24) is 4.90 Å². The molecule has 0 atom stereocenters. The molecule has 1 N–H and O–H groups in total. The molecule has 168 valence electrons. The van der Waals surface area contributed by atoms with Gasteiger partial charge in [-0.3, -0.25) is 19.3 Å². The van der Waals surface area contributed by atoms with Crippen LogP contribution in [-0.2, 0) is 15.8 Å². The Balaban J connectivity index is 1.69. The molecular weight excluding hydrogens is 513 g/mol. The van der Waals surface area contributed by atoms with E-state index < -0.39 is 35.3 Å². The van der Waals surface area contributed by atoms with E-state index in [0.29, 0.717) is 34.2 Å². The van der Waals surface area contributed by atoms with Crippen LogP contribution in [0.15, 0.2) is 51.8 Å². The number of carbonyl (C=O) groups excluding carboxylic acids is 3. The highest BCUT2D eigenvalue weighted by molar-refractivity contribution is 9.10. The molecule has 0 aliphatic carbocycles. The number of imide groups is 1. The number of benzene rings is 2. The van der Waals surface area contributed by atoms with E-state index in [0.717, 1.165) is 23.1 Å². The molecule has 3 rings (SSSR count). The molecule has 6 nitrogen and oxygen atoms in total. The Morgan fingerprint density at radius 1 is 1.22 bits per heavy atom. The molecule has 0 spiro atoms. The number of hydrogen-bond acceptors (Lipinski definition) is 5. The summed E-state index contributed by atoms with van der Waals surface area (Å²) in [5.74, 6) is -0.829. The van der Waals surface area contributed by atoms with Crippen LogP contribution in [0.5, 0.6) is 5.75 Å². The third-order valence-corrected chi connectivity index (χ3v) is 5.73. The number of amides is 3. The van der Waals surface area contributed by atoms with Crippen LogP contribution in [-0.4, -0.2) is 35.1 Å². The first-order valence-electron chi connectivity index (χ1n) is 9.23. The molecule has 0 saturated carbocycles. The zero-order valence-electron chi connectivity index (χ0n) is 16.5. The van der Waals surface area contributed by atoms with Gasteiger partial charge in [0.1, 0.15) is 12.3 Å². The molecule has 2 aromatic rings. The highest BCUT2D eigenvalue weighted by Gasteiger charge is 2.36. The van der Waals surface area contributed by atoms with Gasteiger partial charge in [0.2, 0.25) is 5.91 Å². The summed E-state index contributed by atoms with van der Waals surface area (Å²) < 4.78 is 44.5. The summed E-state index contributed by atoms with van der Waals surface area (Å²) >= 11 is 4.05. The van der Waals surface area contributed by atoms with Crippen LogP contribution in [0.3, 0.4) is 0 Å². The van der Waals surface area contributed by atoms with Crippen LogP contribution in [0.1, 0.15) is 18.1 Å². The highest BCUT2D eigenvalue weighted by atomic mass is 79.9. The minimum Gasteiger partial charge on any atom is -0.493 e. The number of rotatable bonds is 6. The number of nitrogens with zero attached hydrogens (tertiary/aromatic N) is 1. The molecule has 0 aromatic heterocycles. The SMILES string of the molecule is CCOc1ccc(/C=C2\SC(=O)N(CC(=O)Nc3cccc(C(F)(F)F)c3)C2=O)cc1Br. The van der Waals surface area contributed by atoms with Crippen molar-refractivity contribution >= 4 is 56.5 Å². The van der Waals surface area contributed by atoms with Crippen molar-refractivity contribution in [2.24, 2.45) is 0 Å². The maximum absolute atomic E-state index is 12.8. The van der Waals surface area contributed by atoms with Gasteiger partial charge in [-0.2, -0.15) is 13.2 Å². The second kappa shape index (κ2) is 9.78. The predicted octanol–water partition coefficient (Wildman–Crippen LogP) is 5.54. The van der Waals surface area contributed by atoms with Crippen molar-refractivity contribution in [3.05, 3.63) is 63.0 Å². The van der Waals surface area contributed by atoms with Gasteiger partial charge in [-0.05, 0) is 76.6 Å². The molecule has 0 radical (unpaired) electrons. The van der Waals surface area contributed by atoms with Gasteiger partial charge in [-0.15, -0.1) is 0 Å². The molecule has 1 heterocycles. The normalized spacial score (nSPS) is 15.4. The summed E-state index contributed by atoms with van der Waals surface area (Å²) in [5, 5.41) is 1.63. The Kier molecular flexibility index (Phi) is 7.29. The zero-order valence-corrected chi connectivity index (χ0v) is 18.9. The van der Waals surface area contributed by atoms with E-state index in [1.807, 2.05) is 6.92 Å². The van der Waals surface area contributed by atoms with Gasteiger partial charge in [0.25, 0.3) is 11.1 Å². The molecule has 32 heavy (non-hydrogen) atoms. The number of anilines is 1. The highest BCUT2D eigenvalue weighted by Crippen LogP contribution is 2.34. The molecule has 2 aromatic carbocycles. The Hall–Kier alpha value is -2.79. The van der Waals surface area contributed by atoms with Gasteiger partial charge in [0.15, 0.2) is 0 Å². The number of alkyl halides is 3. The summed E-state index contributed by atoms with van der Waals surface area (Å²) in [7, 11) is 0. The van der Waals surface area contributed by atoms with Crippen molar-refractivity contribution in [1.29, 1.82) is 0 Å². The average molecular weight is 529 g/mol. The second-order valence-corrected chi connectivity index (χ2v) is 8.36. The fraction of sp³-hybridized carbons (Fsp3) is 0.190. The van der Waals surface area contributed by atoms with Gasteiger partial charge in [-0.1, -0.05) is 12.1 Å². The van der Waals surface area contributed by atoms with Gasteiger partial charge in [-0.25, -0.2) is 0 Å². The molecule has 3 amide bonds. The first-order chi connectivity index (χ1) is 15.1. The zero-order chi connectivity index (χ0) is 23.5.